The van der Waals surface area contributed by atoms with Gasteiger partial charge in [-0.05, 0) is 42.5 Å². The molecule has 24 heavy (non-hydrogen) atoms. The quantitative estimate of drug-likeness (QED) is 0.338. The number of aromatic nitrogens is 1. The van der Waals surface area contributed by atoms with Crippen molar-refractivity contribution in [2.45, 2.75) is 0 Å². The molecule has 6 heteroatoms. The minimum Gasteiger partial charge on any atom is -0.497 e. The number of hydrogen-bond acceptors (Lipinski definition) is 5. The van der Waals surface area contributed by atoms with Crippen LogP contribution in [-0.4, -0.2) is 38.0 Å². The van der Waals surface area contributed by atoms with Crippen molar-refractivity contribution in [2.75, 3.05) is 27.4 Å². The van der Waals surface area contributed by atoms with E-state index in [0.29, 0.717) is 5.69 Å². The summed E-state index contributed by atoms with van der Waals surface area (Å²) in [7, 11) is 3.11. The molecule has 0 N–H and O–H groups in total. The van der Waals surface area contributed by atoms with Gasteiger partial charge in [0.25, 0.3) is 0 Å². The molecule has 1 aromatic carbocycles. The van der Waals surface area contributed by atoms with Gasteiger partial charge < -0.3 is 18.8 Å². The Balaban J connectivity index is 2.24. The third-order valence-corrected chi connectivity index (χ3v) is 3.28. The van der Waals surface area contributed by atoms with Crippen molar-refractivity contribution in [1.82, 2.24) is 4.57 Å². The van der Waals surface area contributed by atoms with Crippen LogP contribution in [0.15, 0.2) is 48.2 Å². The third kappa shape index (κ3) is 4.24. The molecule has 0 aliphatic carbocycles. The number of nitrogens with zero attached hydrogens (tertiary/aromatic N) is 2. The number of benzene rings is 1. The Labute approximate surface area is 140 Å². The molecule has 0 atom stereocenters. The molecule has 124 valence electrons. The van der Waals surface area contributed by atoms with Gasteiger partial charge in [-0.2, -0.15) is 5.26 Å². The number of carbonyl (C=O) groups excluding carboxylic acids is 1. The predicted octanol–water partition coefficient (Wildman–Crippen LogP) is 2.58. The first-order chi connectivity index (χ1) is 11.7. The average molecular weight is 326 g/mol. The summed E-state index contributed by atoms with van der Waals surface area (Å²) >= 11 is 0. The standard InChI is InChI=1S/C18H18N2O4/c1-22-10-11-24-18(21)14(13-19)12-16-4-3-9-20(16)15-5-7-17(23-2)8-6-15/h3-9,12H,10-11H2,1-2H3/b14-12+. The summed E-state index contributed by atoms with van der Waals surface area (Å²) in [6, 6.07) is 13.0. The van der Waals surface area contributed by atoms with Crippen LogP contribution in [0.2, 0.25) is 0 Å². The summed E-state index contributed by atoms with van der Waals surface area (Å²) in [5, 5.41) is 9.21. The van der Waals surface area contributed by atoms with E-state index in [0.717, 1.165) is 11.4 Å². The van der Waals surface area contributed by atoms with Gasteiger partial charge in [-0.15, -0.1) is 0 Å². The van der Waals surface area contributed by atoms with E-state index in [4.69, 9.17) is 14.2 Å². The maximum absolute atomic E-state index is 11.9. The molecule has 1 aromatic heterocycles. The Hall–Kier alpha value is -3.04. The minimum atomic E-state index is -0.669. The fourth-order valence-electron chi connectivity index (χ4n) is 2.07. The second-order valence-corrected chi connectivity index (χ2v) is 4.80. The molecule has 0 bridgehead atoms. The van der Waals surface area contributed by atoms with Crippen molar-refractivity contribution in [1.29, 1.82) is 5.26 Å². The lowest BCUT2D eigenvalue weighted by Gasteiger charge is -2.08. The van der Waals surface area contributed by atoms with Crippen LogP contribution in [0, 0.1) is 11.3 Å². The Morgan fingerprint density at radius 2 is 1.96 bits per heavy atom. The largest absolute Gasteiger partial charge is 0.497 e. The molecular formula is C18H18N2O4. The summed E-state index contributed by atoms with van der Waals surface area (Å²) in [5.74, 6) is 0.0828. The molecule has 0 fully saturated rings. The van der Waals surface area contributed by atoms with E-state index >= 15 is 0 Å². The smallest absolute Gasteiger partial charge is 0.349 e. The molecule has 1 heterocycles. The van der Waals surface area contributed by atoms with Crippen molar-refractivity contribution in [3.8, 4) is 17.5 Å². The van der Waals surface area contributed by atoms with E-state index in [1.54, 1.807) is 7.11 Å². The maximum Gasteiger partial charge on any atom is 0.349 e. The van der Waals surface area contributed by atoms with Crippen molar-refractivity contribution in [3.05, 3.63) is 53.9 Å². The molecule has 0 amide bonds. The van der Waals surface area contributed by atoms with Gasteiger partial charge >= 0.3 is 5.97 Å². The molecule has 0 saturated heterocycles. The lowest BCUT2D eigenvalue weighted by molar-refractivity contribution is -0.139. The molecule has 2 aromatic rings. The highest BCUT2D eigenvalue weighted by Gasteiger charge is 2.12. The number of nitriles is 1. The summed E-state index contributed by atoms with van der Waals surface area (Å²) in [5.41, 5.74) is 1.51. The van der Waals surface area contributed by atoms with Crippen LogP contribution < -0.4 is 4.74 Å². The highest BCUT2D eigenvalue weighted by atomic mass is 16.6. The number of esters is 1. The summed E-state index contributed by atoms with van der Waals surface area (Å²) in [6.07, 6.45) is 3.35. The molecule has 0 saturated carbocycles. The van der Waals surface area contributed by atoms with E-state index < -0.39 is 5.97 Å². The zero-order valence-corrected chi connectivity index (χ0v) is 13.6. The molecule has 0 aliphatic rings. The summed E-state index contributed by atoms with van der Waals surface area (Å²) in [6.45, 7) is 0.389. The van der Waals surface area contributed by atoms with E-state index in [9.17, 15) is 10.1 Å². The fraction of sp³-hybridized carbons (Fsp3) is 0.222. The number of rotatable bonds is 7. The third-order valence-electron chi connectivity index (χ3n) is 3.28. The highest BCUT2D eigenvalue weighted by molar-refractivity contribution is 5.97. The number of ether oxygens (including phenoxy) is 3. The van der Waals surface area contributed by atoms with E-state index in [1.165, 1.54) is 13.2 Å². The first-order valence-electron chi connectivity index (χ1n) is 7.29. The van der Waals surface area contributed by atoms with Crippen LogP contribution in [-0.2, 0) is 14.3 Å². The van der Waals surface area contributed by atoms with Gasteiger partial charge in [-0.25, -0.2) is 4.79 Å². The summed E-state index contributed by atoms with van der Waals surface area (Å²) < 4.78 is 16.8. The van der Waals surface area contributed by atoms with Gasteiger partial charge in [0.05, 0.1) is 13.7 Å². The predicted molar refractivity (Wildman–Crippen MR) is 88.7 cm³/mol. The normalized spacial score (nSPS) is 11.0. The van der Waals surface area contributed by atoms with Gasteiger partial charge in [0, 0.05) is 24.7 Å². The lowest BCUT2D eigenvalue weighted by atomic mass is 10.2. The zero-order valence-electron chi connectivity index (χ0n) is 13.6. The van der Waals surface area contributed by atoms with Crippen LogP contribution in [0.5, 0.6) is 5.75 Å². The Morgan fingerprint density at radius 3 is 2.58 bits per heavy atom. The Morgan fingerprint density at radius 1 is 1.21 bits per heavy atom. The van der Waals surface area contributed by atoms with Crippen molar-refractivity contribution < 1.29 is 19.0 Å². The van der Waals surface area contributed by atoms with Gasteiger partial charge in [0.2, 0.25) is 0 Å². The fourth-order valence-corrected chi connectivity index (χ4v) is 2.07. The first-order valence-corrected chi connectivity index (χ1v) is 7.29. The van der Waals surface area contributed by atoms with Crippen LogP contribution in [0.1, 0.15) is 5.69 Å². The molecule has 0 unspecified atom stereocenters. The van der Waals surface area contributed by atoms with Crippen molar-refractivity contribution in [3.63, 3.8) is 0 Å². The van der Waals surface area contributed by atoms with Gasteiger partial charge in [-0.1, -0.05) is 0 Å². The van der Waals surface area contributed by atoms with E-state index in [1.807, 2.05) is 53.2 Å². The Bertz CT molecular complexity index is 754. The number of carbonyl (C=O) groups is 1. The second-order valence-electron chi connectivity index (χ2n) is 4.80. The molecular weight excluding hydrogens is 308 g/mol. The second kappa shape index (κ2) is 8.56. The summed E-state index contributed by atoms with van der Waals surface area (Å²) in [4.78, 5) is 11.9. The lowest BCUT2D eigenvalue weighted by Crippen LogP contribution is -2.11. The first kappa shape index (κ1) is 17.3. The van der Waals surface area contributed by atoms with E-state index in [2.05, 4.69) is 0 Å². The molecule has 2 rings (SSSR count). The molecule has 0 radical (unpaired) electrons. The van der Waals surface area contributed by atoms with Crippen molar-refractivity contribution in [2.24, 2.45) is 0 Å². The van der Waals surface area contributed by atoms with Crippen LogP contribution in [0.3, 0.4) is 0 Å². The number of hydrogen-bond donors (Lipinski definition) is 0. The van der Waals surface area contributed by atoms with Crippen LogP contribution >= 0.6 is 0 Å². The molecule has 0 spiro atoms. The van der Waals surface area contributed by atoms with Gasteiger partial charge in [0.1, 0.15) is 24.0 Å². The Kier molecular flexibility index (Phi) is 6.17. The van der Waals surface area contributed by atoms with Gasteiger partial charge in [-0.3, -0.25) is 0 Å². The highest BCUT2D eigenvalue weighted by Crippen LogP contribution is 2.19. The topological polar surface area (TPSA) is 73.5 Å². The zero-order chi connectivity index (χ0) is 17.4. The van der Waals surface area contributed by atoms with Gasteiger partial charge in [0.15, 0.2) is 0 Å². The minimum absolute atomic E-state index is 0.0698. The van der Waals surface area contributed by atoms with Crippen LogP contribution in [0.4, 0.5) is 0 Å². The van der Waals surface area contributed by atoms with E-state index in [-0.39, 0.29) is 18.8 Å². The SMILES string of the molecule is COCCOC(=O)/C(C#N)=C/c1cccn1-c1ccc(OC)cc1. The molecule has 6 nitrogen and oxygen atoms in total. The number of methoxy groups -OCH3 is 2. The maximum atomic E-state index is 11.9. The monoisotopic (exact) mass is 326 g/mol. The van der Waals surface area contributed by atoms with Crippen molar-refractivity contribution >= 4 is 12.0 Å². The molecule has 0 aliphatic heterocycles. The van der Waals surface area contributed by atoms with Crippen LogP contribution in [0.25, 0.3) is 11.8 Å². The average Bonchev–Trinajstić information content (AvgIpc) is 3.08.